The van der Waals surface area contributed by atoms with Gasteiger partial charge in [-0.15, -0.1) is 0 Å². The molecule has 4 atom stereocenters. The fourth-order valence-electron chi connectivity index (χ4n) is 3.70. The largest absolute Gasteiger partial charge is 0.458 e. The van der Waals surface area contributed by atoms with Crippen LogP contribution < -0.4 is 0 Å². The van der Waals surface area contributed by atoms with Crippen LogP contribution in [-0.2, 0) is 4.74 Å². The summed E-state index contributed by atoms with van der Waals surface area (Å²) in [4.78, 5) is 14.7. The van der Waals surface area contributed by atoms with Gasteiger partial charge in [-0.1, -0.05) is 35.9 Å². The molecular weight excluding hydrogens is 286 g/mol. The standard InChI is InChI=1S/C17H20ClNO2/c1-19-13-7-8-15(19)14(9-10-18)16(11-13)21-17(20)12-5-3-2-4-6-12/h2-6,9-10,13-16H,7-8,11H2,1H3/b10-9+/t13-,14+,15+,16-/m0/s1. The zero-order valence-corrected chi connectivity index (χ0v) is 12.9. The quantitative estimate of drug-likeness (QED) is 0.801. The third-order valence-electron chi connectivity index (χ3n) is 4.84. The average molecular weight is 306 g/mol. The highest BCUT2D eigenvalue weighted by Crippen LogP contribution is 2.40. The van der Waals surface area contributed by atoms with Gasteiger partial charge in [0.2, 0.25) is 0 Å². The molecule has 3 nitrogen and oxygen atoms in total. The summed E-state index contributed by atoms with van der Waals surface area (Å²) in [6, 6.07) is 10.1. The van der Waals surface area contributed by atoms with Gasteiger partial charge in [-0.2, -0.15) is 0 Å². The second-order valence-electron chi connectivity index (χ2n) is 5.91. The van der Waals surface area contributed by atoms with Crippen LogP contribution in [0.3, 0.4) is 0 Å². The minimum atomic E-state index is -0.238. The van der Waals surface area contributed by atoms with Crippen molar-refractivity contribution in [3.63, 3.8) is 0 Å². The molecule has 0 aliphatic carbocycles. The number of hydrogen-bond donors (Lipinski definition) is 0. The lowest BCUT2D eigenvalue weighted by Crippen LogP contribution is -2.49. The second-order valence-corrected chi connectivity index (χ2v) is 6.16. The van der Waals surface area contributed by atoms with E-state index in [4.69, 9.17) is 16.3 Å². The highest BCUT2D eigenvalue weighted by molar-refractivity contribution is 6.25. The number of benzene rings is 1. The van der Waals surface area contributed by atoms with Crippen LogP contribution in [-0.4, -0.2) is 36.1 Å². The molecule has 1 aromatic carbocycles. The monoisotopic (exact) mass is 305 g/mol. The Morgan fingerprint density at radius 1 is 1.33 bits per heavy atom. The van der Waals surface area contributed by atoms with E-state index >= 15 is 0 Å². The molecule has 2 aliphatic heterocycles. The van der Waals surface area contributed by atoms with Crippen molar-refractivity contribution in [2.45, 2.75) is 37.5 Å². The smallest absolute Gasteiger partial charge is 0.338 e. The van der Waals surface area contributed by atoms with Gasteiger partial charge in [0.15, 0.2) is 0 Å². The van der Waals surface area contributed by atoms with E-state index in [0.717, 1.165) is 12.8 Å². The summed E-state index contributed by atoms with van der Waals surface area (Å²) in [5.74, 6) is -0.0589. The van der Waals surface area contributed by atoms with Gasteiger partial charge in [-0.3, -0.25) is 4.90 Å². The Morgan fingerprint density at radius 2 is 2.10 bits per heavy atom. The first-order chi connectivity index (χ1) is 10.2. The van der Waals surface area contributed by atoms with Crippen molar-refractivity contribution in [3.05, 3.63) is 47.5 Å². The Hall–Kier alpha value is -1.32. The summed E-state index contributed by atoms with van der Waals surface area (Å²) in [6.45, 7) is 0. The van der Waals surface area contributed by atoms with Crippen LogP contribution in [0.2, 0.25) is 0 Å². The molecule has 0 aromatic heterocycles. The number of halogens is 1. The van der Waals surface area contributed by atoms with Crippen molar-refractivity contribution in [1.82, 2.24) is 4.90 Å². The predicted octanol–water partition coefficient (Wildman–Crippen LogP) is 3.45. The Bertz CT molecular complexity index is 531. The molecule has 0 amide bonds. The van der Waals surface area contributed by atoms with Gasteiger partial charge < -0.3 is 4.74 Å². The highest BCUT2D eigenvalue weighted by atomic mass is 35.5. The first-order valence-corrected chi connectivity index (χ1v) is 7.89. The third kappa shape index (κ3) is 2.85. The van der Waals surface area contributed by atoms with Crippen LogP contribution in [0, 0.1) is 5.92 Å². The fraction of sp³-hybridized carbons (Fsp3) is 0.471. The molecule has 2 fully saturated rings. The molecule has 21 heavy (non-hydrogen) atoms. The third-order valence-corrected chi connectivity index (χ3v) is 4.98. The number of nitrogens with zero attached hydrogens (tertiary/aromatic N) is 1. The van der Waals surface area contributed by atoms with Crippen molar-refractivity contribution in [3.8, 4) is 0 Å². The van der Waals surface area contributed by atoms with Crippen molar-refractivity contribution in [1.29, 1.82) is 0 Å². The summed E-state index contributed by atoms with van der Waals surface area (Å²) in [5.41, 5.74) is 2.16. The van der Waals surface area contributed by atoms with E-state index in [0.29, 0.717) is 17.6 Å². The summed E-state index contributed by atoms with van der Waals surface area (Å²) < 4.78 is 5.80. The molecule has 2 heterocycles. The molecule has 0 N–H and O–H groups in total. The Morgan fingerprint density at radius 3 is 2.81 bits per heavy atom. The van der Waals surface area contributed by atoms with Crippen LogP contribution in [0.15, 0.2) is 41.9 Å². The minimum absolute atomic E-state index is 0.0820. The first-order valence-electron chi connectivity index (χ1n) is 7.45. The van der Waals surface area contributed by atoms with Crippen LogP contribution in [0.25, 0.3) is 0 Å². The molecule has 2 bridgehead atoms. The summed E-state index contributed by atoms with van der Waals surface area (Å²) in [6.07, 6.45) is 5.10. The first kappa shape index (κ1) is 14.6. The maximum absolute atomic E-state index is 12.3. The number of hydrogen-bond acceptors (Lipinski definition) is 3. The Labute approximate surface area is 130 Å². The van der Waals surface area contributed by atoms with Crippen molar-refractivity contribution < 1.29 is 9.53 Å². The van der Waals surface area contributed by atoms with E-state index in [1.807, 2.05) is 24.3 Å². The number of esters is 1. The van der Waals surface area contributed by atoms with Crippen LogP contribution >= 0.6 is 11.6 Å². The summed E-state index contributed by atoms with van der Waals surface area (Å²) in [7, 11) is 2.16. The van der Waals surface area contributed by atoms with Gasteiger partial charge in [0.1, 0.15) is 6.10 Å². The molecule has 0 radical (unpaired) electrons. The molecule has 0 spiro atoms. The van der Waals surface area contributed by atoms with Gasteiger partial charge in [0.05, 0.1) is 5.56 Å². The lowest BCUT2D eigenvalue weighted by Gasteiger charge is -2.41. The van der Waals surface area contributed by atoms with Crippen LogP contribution in [0.5, 0.6) is 0 Å². The molecule has 2 aliphatic rings. The van der Waals surface area contributed by atoms with Gasteiger partial charge in [-0.25, -0.2) is 4.79 Å². The maximum Gasteiger partial charge on any atom is 0.338 e. The number of rotatable bonds is 3. The normalized spacial score (nSPS) is 32.5. The highest BCUT2D eigenvalue weighted by Gasteiger charge is 2.46. The summed E-state index contributed by atoms with van der Waals surface area (Å²) in [5, 5.41) is 0. The van der Waals surface area contributed by atoms with Crippen molar-refractivity contribution in [2.24, 2.45) is 5.92 Å². The lowest BCUT2D eigenvalue weighted by molar-refractivity contribution is -0.0208. The predicted molar refractivity (Wildman–Crippen MR) is 83.3 cm³/mol. The van der Waals surface area contributed by atoms with Crippen molar-refractivity contribution in [2.75, 3.05) is 7.05 Å². The van der Waals surface area contributed by atoms with Crippen LogP contribution in [0.1, 0.15) is 29.6 Å². The summed E-state index contributed by atoms with van der Waals surface area (Å²) >= 11 is 5.80. The SMILES string of the molecule is CN1[C@H]2CC[C@@H]1[C@@H](/C=C/Cl)[C@@H](OC(=O)c1ccccc1)C2. The number of carbonyl (C=O) groups is 1. The Balaban J connectivity index is 1.76. The molecule has 2 saturated heterocycles. The second kappa shape index (κ2) is 6.20. The maximum atomic E-state index is 12.3. The van der Waals surface area contributed by atoms with Crippen molar-refractivity contribution >= 4 is 17.6 Å². The lowest BCUT2D eigenvalue weighted by atomic mass is 9.87. The van der Waals surface area contributed by atoms with E-state index < -0.39 is 0 Å². The van der Waals surface area contributed by atoms with Crippen LogP contribution in [0.4, 0.5) is 0 Å². The average Bonchev–Trinajstić information content (AvgIpc) is 2.75. The fourth-order valence-corrected chi connectivity index (χ4v) is 3.87. The molecule has 1 aromatic rings. The zero-order valence-electron chi connectivity index (χ0n) is 12.1. The van der Waals surface area contributed by atoms with E-state index in [1.54, 1.807) is 17.7 Å². The van der Waals surface area contributed by atoms with E-state index in [2.05, 4.69) is 11.9 Å². The van der Waals surface area contributed by atoms with E-state index in [9.17, 15) is 4.79 Å². The van der Waals surface area contributed by atoms with E-state index in [-0.39, 0.29) is 18.0 Å². The topological polar surface area (TPSA) is 29.5 Å². The zero-order chi connectivity index (χ0) is 14.8. The molecule has 3 rings (SSSR count). The van der Waals surface area contributed by atoms with Gasteiger partial charge in [0.25, 0.3) is 0 Å². The Kier molecular flexibility index (Phi) is 4.32. The molecule has 4 heteroatoms. The molecule has 0 saturated carbocycles. The van der Waals surface area contributed by atoms with Gasteiger partial charge in [0, 0.05) is 30.0 Å². The van der Waals surface area contributed by atoms with E-state index in [1.165, 1.54) is 6.42 Å². The molecule has 0 unspecified atom stereocenters. The number of fused-ring (bicyclic) bond motifs is 2. The molecule has 112 valence electrons. The van der Waals surface area contributed by atoms with Gasteiger partial charge >= 0.3 is 5.97 Å². The number of carbonyl (C=O) groups excluding carboxylic acids is 1. The number of piperidine rings is 1. The molecular formula is C17H20ClNO2. The number of ether oxygens (including phenoxy) is 1. The minimum Gasteiger partial charge on any atom is -0.458 e. The van der Waals surface area contributed by atoms with Gasteiger partial charge in [-0.05, 0) is 32.0 Å².